The molecule has 5 N–H and O–H groups in total. The number of carbonyl (C=O) groups excluding carboxylic acids is 1. The van der Waals surface area contributed by atoms with Crippen LogP contribution in [0.2, 0.25) is 0 Å². The first-order valence-electron chi connectivity index (χ1n) is 11.7. The molecule has 0 radical (unpaired) electrons. The Labute approximate surface area is 205 Å². The summed E-state index contributed by atoms with van der Waals surface area (Å²) in [5.41, 5.74) is 5.00. The quantitative estimate of drug-likeness (QED) is 0.254. The van der Waals surface area contributed by atoms with Gasteiger partial charge in [-0.15, -0.1) is 0 Å². The van der Waals surface area contributed by atoms with E-state index >= 15 is 0 Å². The summed E-state index contributed by atoms with van der Waals surface area (Å²) in [5.74, 6) is -0.783. The number of aryl methyl sites for hydroxylation is 1. The number of benzene rings is 3. The molecule has 184 valence electrons. The lowest BCUT2D eigenvalue weighted by Gasteiger charge is -2.14. The van der Waals surface area contributed by atoms with Crippen LogP contribution in [0.25, 0.3) is 11.1 Å². The number of aromatic carboxylic acids is 1. The molecule has 0 bridgehead atoms. The van der Waals surface area contributed by atoms with E-state index in [1.807, 2.05) is 37.3 Å². The summed E-state index contributed by atoms with van der Waals surface area (Å²) in [6.45, 7) is 3.52. The molecule has 0 saturated heterocycles. The number of amides is 1. The highest BCUT2D eigenvalue weighted by Gasteiger charge is 2.10. The zero-order valence-corrected chi connectivity index (χ0v) is 19.8. The zero-order valence-electron chi connectivity index (χ0n) is 19.8. The smallest absolute Gasteiger partial charge is 0.335 e. The molecule has 0 spiro atoms. The van der Waals surface area contributed by atoms with Crippen LogP contribution in [0.5, 0.6) is 5.75 Å². The molecule has 0 aliphatic carbocycles. The minimum Gasteiger partial charge on any atom is -0.508 e. The molecule has 0 heterocycles. The monoisotopic (exact) mass is 476 g/mol. The number of aromatic hydroxyl groups is 1. The third-order valence-electron chi connectivity index (χ3n) is 5.85. The first-order valence-corrected chi connectivity index (χ1v) is 11.7. The standard InChI is InChI=1S/C28H32N2O5/c1-19-17-24(31)9-10-25(19)22-3-2-4-23(18-22)26(32)12-14-29-15-13-27(33)30-16-11-20-5-7-21(8-6-20)28(34)35/h2-10,17-18,26,29,31-32H,11-16H2,1H3,(H,30,33)(H,34,35). The number of nitrogens with one attached hydrogen (secondary N) is 2. The van der Waals surface area contributed by atoms with Crippen molar-refractivity contribution < 1.29 is 24.9 Å². The number of carboxylic acids is 1. The molecule has 7 heteroatoms. The van der Waals surface area contributed by atoms with Gasteiger partial charge in [0.1, 0.15) is 5.75 Å². The number of aliphatic hydroxyl groups excluding tert-OH is 1. The van der Waals surface area contributed by atoms with E-state index in [0.29, 0.717) is 38.9 Å². The lowest BCUT2D eigenvalue weighted by Crippen LogP contribution is -2.29. The van der Waals surface area contributed by atoms with E-state index in [9.17, 15) is 19.8 Å². The lowest BCUT2D eigenvalue weighted by molar-refractivity contribution is -0.120. The number of rotatable bonds is 12. The Kier molecular flexibility index (Phi) is 9.40. The van der Waals surface area contributed by atoms with Crippen LogP contribution in [0.3, 0.4) is 0 Å². The predicted octanol–water partition coefficient (Wildman–Crippen LogP) is 3.83. The van der Waals surface area contributed by atoms with Gasteiger partial charge in [0.2, 0.25) is 5.91 Å². The highest BCUT2D eigenvalue weighted by atomic mass is 16.4. The van der Waals surface area contributed by atoms with Crippen molar-refractivity contribution in [2.24, 2.45) is 0 Å². The normalized spacial score (nSPS) is 11.7. The molecule has 0 aromatic heterocycles. The van der Waals surface area contributed by atoms with Crippen molar-refractivity contribution in [3.8, 4) is 16.9 Å². The van der Waals surface area contributed by atoms with Crippen molar-refractivity contribution in [1.29, 1.82) is 0 Å². The summed E-state index contributed by atoms with van der Waals surface area (Å²) >= 11 is 0. The van der Waals surface area contributed by atoms with Gasteiger partial charge in [-0.2, -0.15) is 0 Å². The minimum atomic E-state index is -0.956. The van der Waals surface area contributed by atoms with Crippen molar-refractivity contribution in [3.05, 3.63) is 89.0 Å². The Morgan fingerprint density at radius 2 is 1.71 bits per heavy atom. The van der Waals surface area contributed by atoms with Gasteiger partial charge in [-0.25, -0.2) is 4.79 Å². The largest absolute Gasteiger partial charge is 0.508 e. The number of hydrogen-bond donors (Lipinski definition) is 5. The van der Waals surface area contributed by atoms with Crippen LogP contribution in [0, 0.1) is 6.92 Å². The van der Waals surface area contributed by atoms with E-state index in [2.05, 4.69) is 10.6 Å². The average molecular weight is 477 g/mol. The molecule has 0 fully saturated rings. The van der Waals surface area contributed by atoms with Gasteiger partial charge in [-0.05, 0) is 84.5 Å². The van der Waals surface area contributed by atoms with Gasteiger partial charge in [-0.1, -0.05) is 36.4 Å². The number of carbonyl (C=O) groups is 2. The zero-order chi connectivity index (χ0) is 25.2. The summed E-state index contributed by atoms with van der Waals surface area (Å²) in [6.07, 6.45) is 0.866. The average Bonchev–Trinajstić information content (AvgIpc) is 2.84. The fraction of sp³-hybridized carbons (Fsp3) is 0.286. The second kappa shape index (κ2) is 12.7. The fourth-order valence-electron chi connectivity index (χ4n) is 3.87. The summed E-state index contributed by atoms with van der Waals surface area (Å²) in [7, 11) is 0. The van der Waals surface area contributed by atoms with E-state index in [4.69, 9.17) is 5.11 Å². The van der Waals surface area contributed by atoms with Gasteiger partial charge in [0.25, 0.3) is 0 Å². The Morgan fingerprint density at radius 1 is 0.943 bits per heavy atom. The molecule has 3 rings (SSSR count). The molecule has 0 aliphatic heterocycles. The van der Waals surface area contributed by atoms with E-state index in [-0.39, 0.29) is 17.2 Å². The number of phenols is 1. The first-order chi connectivity index (χ1) is 16.8. The summed E-state index contributed by atoms with van der Waals surface area (Å²) in [4.78, 5) is 22.9. The summed E-state index contributed by atoms with van der Waals surface area (Å²) < 4.78 is 0. The van der Waals surface area contributed by atoms with Crippen LogP contribution >= 0.6 is 0 Å². The Morgan fingerprint density at radius 3 is 2.43 bits per heavy atom. The molecule has 1 unspecified atom stereocenters. The Bertz CT molecular complexity index is 1140. The van der Waals surface area contributed by atoms with Crippen molar-refractivity contribution in [2.45, 2.75) is 32.3 Å². The highest BCUT2D eigenvalue weighted by molar-refractivity contribution is 5.87. The van der Waals surface area contributed by atoms with Gasteiger partial charge >= 0.3 is 5.97 Å². The van der Waals surface area contributed by atoms with Crippen LogP contribution in [0.15, 0.2) is 66.7 Å². The van der Waals surface area contributed by atoms with Crippen LogP contribution < -0.4 is 10.6 Å². The topological polar surface area (TPSA) is 119 Å². The third-order valence-corrected chi connectivity index (χ3v) is 5.85. The molecule has 3 aromatic rings. The van der Waals surface area contributed by atoms with Crippen LogP contribution in [0.1, 0.15) is 46.0 Å². The maximum absolute atomic E-state index is 12.0. The minimum absolute atomic E-state index is 0.0582. The molecule has 7 nitrogen and oxygen atoms in total. The van der Waals surface area contributed by atoms with Crippen LogP contribution in [-0.4, -0.2) is 46.8 Å². The van der Waals surface area contributed by atoms with Gasteiger partial charge in [-0.3, -0.25) is 4.79 Å². The second-order valence-electron chi connectivity index (χ2n) is 8.53. The molecular formula is C28H32N2O5. The molecule has 1 atom stereocenters. The SMILES string of the molecule is Cc1cc(O)ccc1-c1cccc(C(O)CCNCCC(=O)NCCc2ccc(C(=O)O)cc2)c1. The van der Waals surface area contributed by atoms with E-state index < -0.39 is 12.1 Å². The van der Waals surface area contributed by atoms with Gasteiger partial charge in [0.15, 0.2) is 0 Å². The molecule has 0 saturated carbocycles. The maximum atomic E-state index is 12.0. The number of aliphatic hydroxyl groups is 1. The molecule has 1 amide bonds. The summed E-state index contributed by atoms with van der Waals surface area (Å²) in [5, 5.41) is 35.2. The number of hydrogen-bond acceptors (Lipinski definition) is 5. The predicted molar refractivity (Wildman–Crippen MR) is 135 cm³/mol. The lowest BCUT2D eigenvalue weighted by atomic mass is 9.96. The second-order valence-corrected chi connectivity index (χ2v) is 8.53. The molecule has 35 heavy (non-hydrogen) atoms. The van der Waals surface area contributed by atoms with Gasteiger partial charge in [0.05, 0.1) is 11.7 Å². The van der Waals surface area contributed by atoms with Gasteiger partial charge in [0, 0.05) is 19.5 Å². The van der Waals surface area contributed by atoms with E-state index in [1.54, 1.807) is 36.4 Å². The first kappa shape index (κ1) is 25.9. The van der Waals surface area contributed by atoms with Crippen molar-refractivity contribution in [2.75, 3.05) is 19.6 Å². The van der Waals surface area contributed by atoms with Crippen molar-refractivity contribution in [1.82, 2.24) is 10.6 Å². The van der Waals surface area contributed by atoms with Gasteiger partial charge < -0.3 is 26.0 Å². The molecular weight excluding hydrogens is 444 g/mol. The number of carboxylic acid groups (broad SMARTS) is 1. The Balaban J connectivity index is 1.35. The fourth-order valence-corrected chi connectivity index (χ4v) is 3.87. The molecule has 0 aliphatic rings. The van der Waals surface area contributed by atoms with E-state index in [0.717, 1.165) is 27.8 Å². The summed E-state index contributed by atoms with van der Waals surface area (Å²) in [6, 6.07) is 19.6. The highest BCUT2D eigenvalue weighted by Crippen LogP contribution is 2.29. The van der Waals surface area contributed by atoms with Crippen molar-refractivity contribution >= 4 is 11.9 Å². The Hall–Kier alpha value is -3.68. The maximum Gasteiger partial charge on any atom is 0.335 e. The molecule has 3 aromatic carbocycles. The van der Waals surface area contributed by atoms with Crippen LogP contribution in [0.4, 0.5) is 0 Å². The van der Waals surface area contributed by atoms with Crippen LogP contribution in [-0.2, 0) is 11.2 Å². The number of phenolic OH excluding ortho intramolecular Hbond substituents is 1. The van der Waals surface area contributed by atoms with Crippen molar-refractivity contribution in [3.63, 3.8) is 0 Å². The third kappa shape index (κ3) is 7.95. The van der Waals surface area contributed by atoms with E-state index in [1.165, 1.54) is 0 Å².